The van der Waals surface area contributed by atoms with Crippen LogP contribution in [0.2, 0.25) is 0 Å². The standard InChI is InChI=1S/C17H23N3O2S/c1-10(2)15-16(20-14(19-15)5-6-22-17(18)21)23-13-8-11(3)7-12(4)9-13/h7-10H,5-6H2,1-4H3,(H2,18,21)(H,19,20). The summed E-state index contributed by atoms with van der Waals surface area (Å²) in [4.78, 5) is 19.8. The molecular formula is C17H23N3O2S. The van der Waals surface area contributed by atoms with Crippen molar-refractivity contribution in [2.45, 2.75) is 50.0 Å². The molecule has 0 aliphatic rings. The molecule has 5 nitrogen and oxygen atoms in total. The van der Waals surface area contributed by atoms with Crippen molar-refractivity contribution in [3.63, 3.8) is 0 Å². The van der Waals surface area contributed by atoms with Crippen LogP contribution in [0.3, 0.4) is 0 Å². The molecule has 0 bridgehead atoms. The van der Waals surface area contributed by atoms with Gasteiger partial charge in [-0.1, -0.05) is 31.7 Å². The van der Waals surface area contributed by atoms with Crippen LogP contribution in [-0.2, 0) is 11.2 Å². The van der Waals surface area contributed by atoms with Crippen LogP contribution in [0.25, 0.3) is 0 Å². The van der Waals surface area contributed by atoms with Crippen LogP contribution in [0.5, 0.6) is 0 Å². The van der Waals surface area contributed by atoms with Crippen molar-refractivity contribution in [1.29, 1.82) is 0 Å². The summed E-state index contributed by atoms with van der Waals surface area (Å²) in [6.07, 6.45) is -0.235. The first-order chi connectivity index (χ1) is 10.8. The topological polar surface area (TPSA) is 81.0 Å². The Morgan fingerprint density at radius 1 is 1.30 bits per heavy atom. The highest BCUT2D eigenvalue weighted by atomic mass is 32.2. The zero-order valence-electron chi connectivity index (χ0n) is 14.0. The van der Waals surface area contributed by atoms with Crippen LogP contribution in [0, 0.1) is 13.8 Å². The number of nitrogens with two attached hydrogens (primary N) is 1. The van der Waals surface area contributed by atoms with E-state index in [1.54, 1.807) is 11.8 Å². The van der Waals surface area contributed by atoms with E-state index in [4.69, 9.17) is 10.5 Å². The highest BCUT2D eigenvalue weighted by Crippen LogP contribution is 2.33. The molecule has 1 aromatic carbocycles. The lowest BCUT2D eigenvalue weighted by molar-refractivity contribution is 0.157. The highest BCUT2D eigenvalue weighted by Gasteiger charge is 2.15. The predicted molar refractivity (Wildman–Crippen MR) is 92.0 cm³/mol. The van der Waals surface area contributed by atoms with Crippen LogP contribution in [0.15, 0.2) is 28.1 Å². The van der Waals surface area contributed by atoms with Gasteiger partial charge in [0.15, 0.2) is 0 Å². The van der Waals surface area contributed by atoms with Crippen LogP contribution in [-0.4, -0.2) is 22.7 Å². The van der Waals surface area contributed by atoms with Crippen LogP contribution in [0.1, 0.15) is 42.4 Å². The highest BCUT2D eigenvalue weighted by molar-refractivity contribution is 7.99. The van der Waals surface area contributed by atoms with Gasteiger partial charge < -0.3 is 15.5 Å². The van der Waals surface area contributed by atoms with Gasteiger partial charge in [0.1, 0.15) is 17.5 Å². The molecule has 0 atom stereocenters. The molecular weight excluding hydrogens is 310 g/mol. The molecule has 23 heavy (non-hydrogen) atoms. The maximum atomic E-state index is 10.6. The van der Waals surface area contributed by atoms with Gasteiger partial charge in [-0.2, -0.15) is 0 Å². The van der Waals surface area contributed by atoms with Gasteiger partial charge in [-0.15, -0.1) is 0 Å². The first-order valence-electron chi connectivity index (χ1n) is 7.62. The normalized spacial score (nSPS) is 11.0. The van der Waals surface area contributed by atoms with E-state index in [2.05, 4.69) is 55.9 Å². The van der Waals surface area contributed by atoms with Crippen molar-refractivity contribution in [2.75, 3.05) is 6.61 Å². The molecule has 0 saturated heterocycles. The van der Waals surface area contributed by atoms with E-state index in [9.17, 15) is 4.79 Å². The summed E-state index contributed by atoms with van der Waals surface area (Å²) in [5, 5.41) is 0.971. The van der Waals surface area contributed by atoms with E-state index >= 15 is 0 Å². The van der Waals surface area contributed by atoms with Gasteiger partial charge >= 0.3 is 6.09 Å². The lowest BCUT2D eigenvalue weighted by atomic mass is 10.1. The summed E-state index contributed by atoms with van der Waals surface area (Å²) >= 11 is 1.66. The number of hydrogen-bond acceptors (Lipinski definition) is 4. The third-order valence-corrected chi connectivity index (χ3v) is 4.29. The number of nitrogens with zero attached hydrogens (tertiary/aromatic N) is 1. The van der Waals surface area contributed by atoms with E-state index < -0.39 is 6.09 Å². The molecule has 0 aliphatic carbocycles. The second kappa shape index (κ2) is 7.55. The number of imidazole rings is 1. The Morgan fingerprint density at radius 3 is 2.52 bits per heavy atom. The zero-order chi connectivity index (χ0) is 17.0. The van der Waals surface area contributed by atoms with E-state index in [1.165, 1.54) is 16.0 Å². The molecule has 0 spiro atoms. The Bertz CT molecular complexity index is 675. The Hall–Kier alpha value is -1.95. The fraction of sp³-hybridized carbons (Fsp3) is 0.412. The van der Waals surface area contributed by atoms with Crippen molar-refractivity contribution in [2.24, 2.45) is 5.73 Å². The van der Waals surface area contributed by atoms with E-state index in [0.29, 0.717) is 12.3 Å². The second-order valence-corrected chi connectivity index (χ2v) is 6.96. The Labute approximate surface area is 141 Å². The fourth-order valence-corrected chi connectivity index (χ4v) is 3.62. The third kappa shape index (κ3) is 5.03. The van der Waals surface area contributed by atoms with Crippen LogP contribution in [0.4, 0.5) is 4.79 Å². The first-order valence-corrected chi connectivity index (χ1v) is 8.44. The number of aryl methyl sites for hydroxylation is 2. The molecule has 124 valence electrons. The quantitative estimate of drug-likeness (QED) is 0.839. The van der Waals surface area contributed by atoms with Gasteiger partial charge in [-0.25, -0.2) is 9.78 Å². The minimum Gasteiger partial charge on any atom is -0.449 e. The Balaban J connectivity index is 2.19. The van der Waals surface area contributed by atoms with Crippen molar-refractivity contribution >= 4 is 17.9 Å². The van der Waals surface area contributed by atoms with E-state index in [-0.39, 0.29) is 6.61 Å². The average Bonchev–Trinajstić information content (AvgIpc) is 2.80. The number of aromatic amines is 1. The monoisotopic (exact) mass is 333 g/mol. The number of benzene rings is 1. The van der Waals surface area contributed by atoms with Crippen LogP contribution >= 0.6 is 11.8 Å². The van der Waals surface area contributed by atoms with Crippen molar-refractivity contribution in [1.82, 2.24) is 9.97 Å². The third-order valence-electron chi connectivity index (χ3n) is 3.32. The molecule has 0 fully saturated rings. The number of rotatable bonds is 6. The van der Waals surface area contributed by atoms with Gasteiger partial charge in [0.2, 0.25) is 0 Å². The van der Waals surface area contributed by atoms with Crippen molar-refractivity contribution in [3.05, 3.63) is 40.8 Å². The summed E-state index contributed by atoms with van der Waals surface area (Å²) < 4.78 is 4.78. The Kier molecular flexibility index (Phi) is 5.71. The number of aromatic nitrogens is 2. The predicted octanol–water partition coefficient (Wildman–Crippen LogP) is 3.94. The Morgan fingerprint density at radius 2 is 1.96 bits per heavy atom. The first kappa shape index (κ1) is 17.4. The number of ether oxygens (including phenoxy) is 1. The summed E-state index contributed by atoms with van der Waals surface area (Å²) in [5.74, 6) is 1.14. The maximum Gasteiger partial charge on any atom is 0.404 e. The molecule has 6 heteroatoms. The summed E-state index contributed by atoms with van der Waals surface area (Å²) in [7, 11) is 0. The molecule has 3 N–H and O–H groups in total. The number of primary amides is 1. The molecule has 2 aromatic rings. The lowest BCUT2D eigenvalue weighted by Gasteiger charge is -2.07. The number of carbonyl (C=O) groups is 1. The van der Waals surface area contributed by atoms with Crippen LogP contribution < -0.4 is 5.73 Å². The van der Waals surface area contributed by atoms with E-state index in [1.807, 2.05) is 0 Å². The summed E-state index contributed by atoms with van der Waals surface area (Å²) in [6.45, 7) is 8.68. The average molecular weight is 333 g/mol. The minimum atomic E-state index is -0.759. The number of nitrogens with one attached hydrogen (secondary N) is 1. The molecule has 0 aliphatic heterocycles. The fourth-order valence-electron chi connectivity index (χ4n) is 2.36. The number of H-pyrrole nitrogens is 1. The van der Waals surface area contributed by atoms with Gasteiger partial charge in [0.05, 0.1) is 5.69 Å². The minimum absolute atomic E-state index is 0.230. The zero-order valence-corrected chi connectivity index (χ0v) is 14.8. The van der Waals surface area contributed by atoms with Gasteiger partial charge in [0, 0.05) is 11.3 Å². The van der Waals surface area contributed by atoms with Gasteiger partial charge in [-0.3, -0.25) is 0 Å². The molecule has 1 amide bonds. The molecule has 2 rings (SSSR count). The molecule has 0 radical (unpaired) electrons. The van der Waals surface area contributed by atoms with Gasteiger partial charge in [0.25, 0.3) is 0 Å². The number of hydrogen-bond donors (Lipinski definition) is 2. The molecule has 0 saturated carbocycles. The SMILES string of the molecule is Cc1cc(C)cc(Sc2nc(CCOC(N)=O)[nH]c2C(C)C)c1. The second-order valence-electron chi connectivity index (χ2n) is 5.90. The largest absolute Gasteiger partial charge is 0.449 e. The molecule has 1 aromatic heterocycles. The summed E-state index contributed by atoms with van der Waals surface area (Å²) in [6, 6.07) is 6.48. The number of carbonyl (C=O) groups excluding carboxylic acids is 1. The summed E-state index contributed by atoms with van der Waals surface area (Å²) in [5.41, 5.74) is 8.55. The molecule has 0 unspecified atom stereocenters. The number of amides is 1. The van der Waals surface area contributed by atoms with Gasteiger partial charge in [-0.05, 0) is 43.0 Å². The molecule has 1 heterocycles. The smallest absolute Gasteiger partial charge is 0.404 e. The van der Waals surface area contributed by atoms with E-state index in [0.717, 1.165) is 16.5 Å². The van der Waals surface area contributed by atoms with Crippen molar-refractivity contribution in [3.8, 4) is 0 Å². The maximum absolute atomic E-state index is 10.6. The lowest BCUT2D eigenvalue weighted by Crippen LogP contribution is -2.15. The van der Waals surface area contributed by atoms with Crippen molar-refractivity contribution < 1.29 is 9.53 Å².